The average molecular weight is 469 g/mol. The van der Waals surface area contributed by atoms with Crippen molar-refractivity contribution in [3.8, 4) is 11.3 Å². The van der Waals surface area contributed by atoms with E-state index in [9.17, 15) is 4.79 Å². The van der Waals surface area contributed by atoms with Gasteiger partial charge in [0.2, 0.25) is 5.91 Å². The Balaban J connectivity index is 1.37. The Hall–Kier alpha value is -3.91. The van der Waals surface area contributed by atoms with Gasteiger partial charge in [0.05, 0.1) is 31.0 Å². The van der Waals surface area contributed by atoms with Crippen molar-refractivity contribution in [2.45, 2.75) is 19.8 Å². The van der Waals surface area contributed by atoms with E-state index in [2.05, 4.69) is 62.9 Å². The van der Waals surface area contributed by atoms with Crippen LogP contribution in [0.4, 0.5) is 22.9 Å². The fourth-order valence-corrected chi connectivity index (χ4v) is 5.02. The molecule has 4 heterocycles. The monoisotopic (exact) mass is 468 g/mol. The van der Waals surface area contributed by atoms with Crippen LogP contribution in [0.1, 0.15) is 18.2 Å². The minimum atomic E-state index is 0.119. The van der Waals surface area contributed by atoms with Crippen molar-refractivity contribution < 1.29 is 9.53 Å². The fourth-order valence-electron chi connectivity index (χ4n) is 5.02. The number of aryl methyl sites for hydroxylation is 1. The highest BCUT2D eigenvalue weighted by molar-refractivity contribution is 6.01. The number of aromatic nitrogens is 3. The zero-order chi connectivity index (χ0) is 23.9. The van der Waals surface area contributed by atoms with Gasteiger partial charge in [-0.05, 0) is 48.4 Å². The van der Waals surface area contributed by atoms with Crippen LogP contribution in [0.15, 0.2) is 54.9 Å². The first-order chi connectivity index (χ1) is 17.1. The van der Waals surface area contributed by atoms with E-state index in [1.807, 2.05) is 25.5 Å². The van der Waals surface area contributed by atoms with E-state index in [-0.39, 0.29) is 5.91 Å². The zero-order valence-corrected chi connectivity index (χ0v) is 20.0. The third kappa shape index (κ3) is 3.80. The normalized spacial score (nSPS) is 15.7. The van der Waals surface area contributed by atoms with Gasteiger partial charge in [-0.3, -0.25) is 9.20 Å². The molecule has 0 spiro atoms. The maximum atomic E-state index is 12.2. The molecule has 1 N–H and O–H groups in total. The second kappa shape index (κ2) is 8.70. The Morgan fingerprint density at radius 1 is 1.09 bits per heavy atom. The Morgan fingerprint density at radius 2 is 1.89 bits per heavy atom. The summed E-state index contributed by atoms with van der Waals surface area (Å²) in [6.07, 6.45) is 5.02. The number of hydrogen-bond donors (Lipinski definition) is 1. The minimum Gasteiger partial charge on any atom is -0.378 e. The quantitative estimate of drug-likeness (QED) is 0.476. The van der Waals surface area contributed by atoms with E-state index < -0.39 is 0 Å². The number of carbonyl (C=O) groups is 1. The number of ether oxygens (including phenoxy) is 1. The lowest BCUT2D eigenvalue weighted by molar-refractivity contribution is -0.117. The molecule has 0 aliphatic carbocycles. The molecule has 1 fully saturated rings. The highest BCUT2D eigenvalue weighted by Gasteiger charge is 2.25. The first-order valence-electron chi connectivity index (χ1n) is 12.1. The summed E-state index contributed by atoms with van der Waals surface area (Å²) < 4.78 is 7.58. The van der Waals surface area contributed by atoms with Gasteiger partial charge in [-0.25, -0.2) is 9.97 Å². The lowest BCUT2D eigenvalue weighted by Crippen LogP contribution is -2.36. The van der Waals surface area contributed by atoms with Crippen LogP contribution < -0.4 is 15.1 Å². The Kier molecular flexibility index (Phi) is 5.37. The summed E-state index contributed by atoms with van der Waals surface area (Å²) in [6.45, 7) is 5.48. The number of benzene rings is 2. The molecule has 1 saturated heterocycles. The van der Waals surface area contributed by atoms with Crippen LogP contribution in [0, 0.1) is 0 Å². The Bertz CT molecular complexity index is 1410. The smallest absolute Gasteiger partial charge is 0.231 e. The molecule has 0 atom stereocenters. The molecule has 178 valence electrons. The summed E-state index contributed by atoms with van der Waals surface area (Å²) in [5.41, 5.74) is 7.94. The van der Waals surface area contributed by atoms with Crippen LogP contribution in [-0.4, -0.2) is 53.6 Å². The minimum absolute atomic E-state index is 0.119. The molecule has 0 unspecified atom stereocenters. The summed E-state index contributed by atoms with van der Waals surface area (Å²) in [4.78, 5) is 25.9. The van der Waals surface area contributed by atoms with Crippen molar-refractivity contribution >= 4 is 34.4 Å². The number of nitrogens with one attached hydrogen (secondary N) is 1. The first kappa shape index (κ1) is 21.6. The van der Waals surface area contributed by atoms with Gasteiger partial charge < -0.3 is 19.9 Å². The van der Waals surface area contributed by atoms with Crippen LogP contribution in [0.25, 0.3) is 16.9 Å². The number of hydrogen-bond acceptors (Lipinski definition) is 6. The second-order valence-electron chi connectivity index (χ2n) is 8.97. The highest BCUT2D eigenvalue weighted by Crippen LogP contribution is 2.34. The lowest BCUT2D eigenvalue weighted by atomic mass is 10.0. The van der Waals surface area contributed by atoms with Gasteiger partial charge in [0.25, 0.3) is 0 Å². The highest BCUT2D eigenvalue weighted by atomic mass is 16.5. The molecular formula is C27H28N6O2. The zero-order valence-electron chi connectivity index (χ0n) is 20.0. The number of anilines is 4. The van der Waals surface area contributed by atoms with Gasteiger partial charge in [0, 0.05) is 55.2 Å². The van der Waals surface area contributed by atoms with Gasteiger partial charge in [-0.15, -0.1) is 0 Å². The van der Waals surface area contributed by atoms with Gasteiger partial charge >= 0.3 is 0 Å². The molecule has 35 heavy (non-hydrogen) atoms. The van der Waals surface area contributed by atoms with Crippen molar-refractivity contribution in [1.82, 2.24) is 14.4 Å². The third-order valence-corrected chi connectivity index (χ3v) is 6.91. The number of rotatable bonds is 5. The second-order valence-corrected chi connectivity index (χ2v) is 8.97. The number of nitrogens with zero attached hydrogens (tertiary/aromatic N) is 5. The number of likely N-dealkylation sites (N-methyl/N-ethyl adjacent to an activating group) is 1. The predicted molar refractivity (Wildman–Crippen MR) is 138 cm³/mol. The van der Waals surface area contributed by atoms with E-state index >= 15 is 0 Å². The molecule has 8 nitrogen and oxygen atoms in total. The van der Waals surface area contributed by atoms with Gasteiger partial charge in [-0.1, -0.05) is 13.0 Å². The molecular weight excluding hydrogens is 440 g/mol. The number of morpholine rings is 1. The number of carbonyl (C=O) groups excluding carboxylic acids is 1. The SMILES string of the molecule is CCc1c(-c2ccc3c(c2)CC(=O)N3C)nc(Nc2ccc(N3CCOCC3)cc2)c2nccn12. The van der Waals surface area contributed by atoms with E-state index in [0.717, 1.165) is 72.3 Å². The van der Waals surface area contributed by atoms with Crippen molar-refractivity contribution in [2.24, 2.45) is 0 Å². The van der Waals surface area contributed by atoms with Gasteiger partial charge in [0.1, 0.15) is 0 Å². The van der Waals surface area contributed by atoms with E-state index in [1.54, 1.807) is 4.90 Å². The van der Waals surface area contributed by atoms with E-state index in [4.69, 9.17) is 9.72 Å². The summed E-state index contributed by atoms with van der Waals surface area (Å²) >= 11 is 0. The van der Waals surface area contributed by atoms with Crippen molar-refractivity contribution in [1.29, 1.82) is 0 Å². The number of imidazole rings is 1. The van der Waals surface area contributed by atoms with Crippen LogP contribution >= 0.6 is 0 Å². The maximum absolute atomic E-state index is 12.2. The predicted octanol–water partition coefficient (Wildman–Crippen LogP) is 4.06. The van der Waals surface area contributed by atoms with E-state index in [0.29, 0.717) is 12.2 Å². The summed E-state index contributed by atoms with van der Waals surface area (Å²) in [6, 6.07) is 14.6. The lowest BCUT2D eigenvalue weighted by Gasteiger charge is -2.28. The molecule has 2 aromatic carbocycles. The van der Waals surface area contributed by atoms with Crippen molar-refractivity contribution in [3.05, 3.63) is 66.1 Å². The molecule has 0 saturated carbocycles. The van der Waals surface area contributed by atoms with Crippen LogP contribution in [0.2, 0.25) is 0 Å². The molecule has 1 amide bonds. The molecule has 6 rings (SSSR count). The summed E-state index contributed by atoms with van der Waals surface area (Å²) in [5, 5.41) is 3.49. The average Bonchev–Trinajstić information content (AvgIpc) is 3.49. The molecule has 4 aromatic rings. The molecule has 2 aromatic heterocycles. The number of amides is 1. The van der Waals surface area contributed by atoms with E-state index in [1.165, 1.54) is 5.69 Å². The molecule has 2 aliphatic heterocycles. The fraction of sp³-hybridized carbons (Fsp3) is 0.296. The molecule has 0 bridgehead atoms. The Labute approximate surface area is 204 Å². The van der Waals surface area contributed by atoms with Gasteiger partial charge in [-0.2, -0.15) is 0 Å². The summed E-state index contributed by atoms with van der Waals surface area (Å²) in [7, 11) is 1.83. The van der Waals surface area contributed by atoms with Gasteiger partial charge in [0.15, 0.2) is 11.5 Å². The van der Waals surface area contributed by atoms with Crippen molar-refractivity contribution in [3.63, 3.8) is 0 Å². The molecule has 0 radical (unpaired) electrons. The maximum Gasteiger partial charge on any atom is 0.231 e. The van der Waals surface area contributed by atoms with Crippen molar-refractivity contribution in [2.75, 3.05) is 48.5 Å². The topological polar surface area (TPSA) is 75.0 Å². The summed E-state index contributed by atoms with van der Waals surface area (Å²) in [5.74, 6) is 0.823. The third-order valence-electron chi connectivity index (χ3n) is 6.91. The largest absolute Gasteiger partial charge is 0.378 e. The van der Waals surface area contributed by atoms with Crippen LogP contribution in [0.5, 0.6) is 0 Å². The van der Waals surface area contributed by atoms with Crippen LogP contribution in [-0.2, 0) is 22.4 Å². The standard InChI is InChI=1S/C27H28N6O2/c1-3-22-25(18-4-9-23-19(16-18)17-24(34)31(23)2)30-26(27-28-10-11-33(22)27)29-20-5-7-21(8-6-20)32-12-14-35-15-13-32/h4-11,16H,3,12-15,17H2,1-2H3,(H,29,30). The van der Waals surface area contributed by atoms with Crippen LogP contribution in [0.3, 0.4) is 0 Å². The first-order valence-corrected chi connectivity index (χ1v) is 12.1. The molecule has 8 heteroatoms. The number of fused-ring (bicyclic) bond motifs is 2. The Morgan fingerprint density at radius 3 is 2.66 bits per heavy atom. The molecule has 2 aliphatic rings.